The van der Waals surface area contributed by atoms with E-state index in [4.69, 9.17) is 9.47 Å². The van der Waals surface area contributed by atoms with Crippen molar-refractivity contribution in [2.75, 3.05) is 6.61 Å². The number of nitrogens with one attached hydrogen (secondary N) is 1. The van der Waals surface area contributed by atoms with Gasteiger partial charge in [0.25, 0.3) is 0 Å². The van der Waals surface area contributed by atoms with E-state index in [2.05, 4.69) is 11.4 Å². The number of allylic oxidation sites excluding steroid dienone is 3. The van der Waals surface area contributed by atoms with Crippen molar-refractivity contribution in [2.24, 2.45) is 0 Å². The molecule has 2 aliphatic rings. The van der Waals surface area contributed by atoms with Gasteiger partial charge in [-0.1, -0.05) is 12.1 Å². The minimum atomic E-state index is -0.492. The SMILES string of the molecule is CCOC(=O)C1=C(C)NC2=C(C(=O)CCC2)C1c1cc(COc2ccc(F)cc2)c(C)cc1C. The quantitative estimate of drug-likeness (QED) is 0.569. The van der Waals surface area contributed by atoms with E-state index in [1.807, 2.05) is 26.8 Å². The maximum atomic E-state index is 13.2. The Balaban J connectivity index is 1.78. The summed E-state index contributed by atoms with van der Waals surface area (Å²) in [6.45, 7) is 8.19. The van der Waals surface area contributed by atoms with Crippen LogP contribution in [0.1, 0.15) is 61.3 Å². The third-order valence-electron chi connectivity index (χ3n) is 6.51. The van der Waals surface area contributed by atoms with Gasteiger partial charge in [0.15, 0.2) is 5.78 Å². The van der Waals surface area contributed by atoms with E-state index in [0.29, 0.717) is 23.3 Å². The zero-order valence-corrected chi connectivity index (χ0v) is 20.1. The molecule has 1 unspecified atom stereocenters. The molecule has 0 saturated carbocycles. The standard InChI is InChI=1S/C28H30FNO4/c1-5-33-28(32)25-18(4)30-23-7-6-8-24(31)27(23)26(25)22-14-19(16(2)13-17(22)3)15-34-21-11-9-20(29)10-12-21/h9-14,26,30H,5-8,15H2,1-4H3. The molecular formula is C28H30FNO4. The molecule has 1 aliphatic heterocycles. The molecule has 0 spiro atoms. The number of carbonyl (C=O) groups is 2. The minimum Gasteiger partial charge on any atom is -0.489 e. The zero-order chi connectivity index (χ0) is 24.4. The van der Waals surface area contributed by atoms with Crippen LogP contribution in [-0.4, -0.2) is 18.4 Å². The van der Waals surface area contributed by atoms with E-state index in [9.17, 15) is 14.0 Å². The fraction of sp³-hybridized carbons (Fsp3) is 0.357. The lowest BCUT2D eigenvalue weighted by Crippen LogP contribution is -2.34. The van der Waals surface area contributed by atoms with Crippen molar-refractivity contribution in [3.05, 3.63) is 87.0 Å². The van der Waals surface area contributed by atoms with Gasteiger partial charge in [-0.05, 0) is 87.1 Å². The number of aryl methyl sites for hydroxylation is 2. The fourth-order valence-corrected chi connectivity index (χ4v) is 4.85. The molecule has 2 aromatic rings. The summed E-state index contributed by atoms with van der Waals surface area (Å²) in [6, 6.07) is 10.00. The topological polar surface area (TPSA) is 64.6 Å². The highest BCUT2D eigenvalue weighted by molar-refractivity contribution is 6.03. The Bertz CT molecular complexity index is 1190. The smallest absolute Gasteiger partial charge is 0.336 e. The van der Waals surface area contributed by atoms with Crippen LogP contribution in [0.25, 0.3) is 0 Å². The number of benzene rings is 2. The van der Waals surface area contributed by atoms with Gasteiger partial charge in [0.2, 0.25) is 0 Å². The summed E-state index contributed by atoms with van der Waals surface area (Å²) in [7, 11) is 0. The zero-order valence-electron chi connectivity index (χ0n) is 20.1. The van der Waals surface area contributed by atoms with Gasteiger partial charge in [-0.25, -0.2) is 9.18 Å². The van der Waals surface area contributed by atoms with Gasteiger partial charge in [-0.15, -0.1) is 0 Å². The first kappa shape index (κ1) is 23.7. The first-order valence-electron chi connectivity index (χ1n) is 11.7. The van der Waals surface area contributed by atoms with E-state index in [1.165, 1.54) is 12.1 Å². The number of Topliss-reactive ketones (excluding diaryl/α,β-unsaturated/α-hetero) is 1. The molecule has 4 rings (SSSR count). The average Bonchev–Trinajstić information content (AvgIpc) is 2.79. The Hall–Kier alpha value is -3.41. The molecule has 0 saturated heterocycles. The van der Waals surface area contributed by atoms with Gasteiger partial charge >= 0.3 is 5.97 Å². The van der Waals surface area contributed by atoms with Crippen LogP contribution >= 0.6 is 0 Å². The molecule has 0 amide bonds. The van der Waals surface area contributed by atoms with E-state index in [-0.39, 0.29) is 24.8 Å². The molecule has 1 atom stereocenters. The highest BCUT2D eigenvalue weighted by Gasteiger charge is 2.39. The number of carbonyl (C=O) groups excluding carboxylic acids is 2. The molecule has 0 radical (unpaired) electrons. The van der Waals surface area contributed by atoms with Crippen LogP contribution in [0, 0.1) is 19.7 Å². The number of ether oxygens (including phenoxy) is 2. The predicted molar refractivity (Wildman–Crippen MR) is 128 cm³/mol. The fourth-order valence-electron chi connectivity index (χ4n) is 4.85. The van der Waals surface area contributed by atoms with Crippen LogP contribution in [0.5, 0.6) is 5.75 Å². The molecule has 6 heteroatoms. The average molecular weight is 464 g/mol. The monoisotopic (exact) mass is 463 g/mol. The summed E-state index contributed by atoms with van der Waals surface area (Å²) in [5, 5.41) is 3.32. The molecular weight excluding hydrogens is 433 g/mol. The molecule has 1 N–H and O–H groups in total. The van der Waals surface area contributed by atoms with Gasteiger partial charge in [0, 0.05) is 29.3 Å². The summed E-state index contributed by atoms with van der Waals surface area (Å²) in [5.41, 5.74) is 6.64. The maximum Gasteiger partial charge on any atom is 0.336 e. The van der Waals surface area contributed by atoms with Crippen molar-refractivity contribution >= 4 is 11.8 Å². The molecule has 0 fully saturated rings. The first-order valence-corrected chi connectivity index (χ1v) is 11.7. The van der Waals surface area contributed by atoms with Crippen molar-refractivity contribution in [3.8, 4) is 5.75 Å². The molecule has 2 aromatic carbocycles. The highest BCUT2D eigenvalue weighted by Crippen LogP contribution is 2.44. The van der Waals surface area contributed by atoms with Crippen LogP contribution in [0.4, 0.5) is 4.39 Å². The summed E-state index contributed by atoms with van der Waals surface area (Å²) in [5.74, 6) is -0.584. The van der Waals surface area contributed by atoms with Crippen molar-refractivity contribution in [1.29, 1.82) is 0 Å². The van der Waals surface area contributed by atoms with Crippen molar-refractivity contribution in [2.45, 2.75) is 59.5 Å². The molecule has 5 nitrogen and oxygen atoms in total. The maximum absolute atomic E-state index is 13.2. The van der Waals surface area contributed by atoms with Crippen molar-refractivity contribution in [1.82, 2.24) is 5.32 Å². The molecule has 0 bridgehead atoms. The lowest BCUT2D eigenvalue weighted by Gasteiger charge is -2.35. The largest absolute Gasteiger partial charge is 0.489 e. The van der Waals surface area contributed by atoms with Gasteiger partial charge in [0.1, 0.15) is 18.2 Å². The third-order valence-corrected chi connectivity index (χ3v) is 6.51. The van der Waals surface area contributed by atoms with Crippen LogP contribution in [-0.2, 0) is 20.9 Å². The van der Waals surface area contributed by atoms with Gasteiger partial charge in [0.05, 0.1) is 12.2 Å². The number of hydrogen-bond acceptors (Lipinski definition) is 5. The molecule has 34 heavy (non-hydrogen) atoms. The Morgan fingerprint density at radius 1 is 1.09 bits per heavy atom. The predicted octanol–water partition coefficient (Wildman–Crippen LogP) is 5.55. The van der Waals surface area contributed by atoms with Crippen LogP contribution in [0.2, 0.25) is 0 Å². The van der Waals surface area contributed by atoms with Gasteiger partial charge < -0.3 is 14.8 Å². The number of esters is 1. The molecule has 1 heterocycles. The Morgan fingerprint density at radius 2 is 1.82 bits per heavy atom. The Morgan fingerprint density at radius 3 is 2.53 bits per heavy atom. The summed E-state index contributed by atoms with van der Waals surface area (Å²) in [6.07, 6.45) is 2.04. The number of ketones is 1. The van der Waals surface area contributed by atoms with E-state index in [0.717, 1.165) is 46.5 Å². The Kier molecular flexibility index (Phi) is 6.87. The molecule has 0 aromatic heterocycles. The first-order chi connectivity index (χ1) is 16.3. The van der Waals surface area contributed by atoms with Crippen LogP contribution in [0.3, 0.4) is 0 Å². The summed E-state index contributed by atoms with van der Waals surface area (Å²) in [4.78, 5) is 26.2. The van der Waals surface area contributed by atoms with Crippen LogP contribution < -0.4 is 10.1 Å². The second-order valence-electron chi connectivity index (χ2n) is 8.86. The minimum absolute atomic E-state index is 0.0668. The number of dihydropyridines is 1. The second-order valence-corrected chi connectivity index (χ2v) is 8.86. The van der Waals surface area contributed by atoms with E-state index >= 15 is 0 Å². The van der Waals surface area contributed by atoms with Crippen molar-refractivity contribution < 1.29 is 23.5 Å². The summed E-state index contributed by atoms with van der Waals surface area (Å²) >= 11 is 0. The molecule has 178 valence electrons. The third kappa shape index (κ3) is 4.63. The van der Waals surface area contributed by atoms with E-state index in [1.54, 1.807) is 19.1 Å². The van der Waals surface area contributed by atoms with Crippen molar-refractivity contribution in [3.63, 3.8) is 0 Å². The summed E-state index contributed by atoms with van der Waals surface area (Å²) < 4.78 is 24.6. The number of hydrogen-bond donors (Lipinski definition) is 1. The second kappa shape index (κ2) is 9.84. The number of rotatable bonds is 6. The lowest BCUT2D eigenvalue weighted by molar-refractivity contribution is -0.138. The normalized spacial score (nSPS) is 17.9. The highest BCUT2D eigenvalue weighted by atomic mass is 19.1. The lowest BCUT2D eigenvalue weighted by atomic mass is 9.73. The number of halogens is 1. The molecule has 1 aliphatic carbocycles. The van der Waals surface area contributed by atoms with E-state index < -0.39 is 11.9 Å². The van der Waals surface area contributed by atoms with Gasteiger partial charge in [-0.3, -0.25) is 4.79 Å². The van der Waals surface area contributed by atoms with Gasteiger partial charge in [-0.2, -0.15) is 0 Å². The Labute approximate surface area is 199 Å². The van der Waals surface area contributed by atoms with Crippen LogP contribution in [0.15, 0.2) is 58.9 Å².